The van der Waals surface area contributed by atoms with E-state index in [9.17, 15) is 4.79 Å². The molecule has 1 aromatic heterocycles. The van der Waals surface area contributed by atoms with E-state index in [1.165, 1.54) is 0 Å². The van der Waals surface area contributed by atoms with Gasteiger partial charge in [-0.05, 0) is 44.5 Å². The number of imidazole rings is 1. The molecule has 0 atom stereocenters. The van der Waals surface area contributed by atoms with Crippen LogP contribution in [0.15, 0.2) is 30.7 Å². The Morgan fingerprint density at radius 2 is 1.89 bits per heavy atom. The van der Waals surface area contributed by atoms with Crippen LogP contribution in [0, 0.1) is 13.8 Å². The summed E-state index contributed by atoms with van der Waals surface area (Å²) in [7, 11) is 0. The number of ketones is 1. The third kappa shape index (κ3) is 3.06. The lowest BCUT2D eigenvalue weighted by Crippen LogP contribution is -1.98. The third-order valence-electron chi connectivity index (χ3n) is 2.59. The van der Waals surface area contributed by atoms with Crippen molar-refractivity contribution in [3.63, 3.8) is 0 Å². The van der Waals surface area contributed by atoms with E-state index in [0.29, 0.717) is 0 Å². The van der Waals surface area contributed by atoms with Gasteiger partial charge in [-0.25, -0.2) is 4.98 Å². The van der Waals surface area contributed by atoms with E-state index < -0.39 is 0 Å². The van der Waals surface area contributed by atoms with Crippen LogP contribution in [-0.4, -0.2) is 15.3 Å². The molecular weight excluding hydrogens is 224 g/mol. The van der Waals surface area contributed by atoms with Gasteiger partial charge in [-0.2, -0.15) is 0 Å². The minimum Gasteiger partial charge on any atom is -0.306 e. The Bertz CT molecular complexity index is 541. The van der Waals surface area contributed by atoms with Gasteiger partial charge in [-0.15, -0.1) is 0 Å². The first-order valence-electron chi connectivity index (χ1n) is 6.20. The average molecular weight is 244 g/mol. The summed E-state index contributed by atoms with van der Waals surface area (Å²) in [5, 5.41) is 0. The van der Waals surface area contributed by atoms with Crippen molar-refractivity contribution in [3.05, 3.63) is 47.5 Å². The van der Waals surface area contributed by atoms with Crippen LogP contribution in [0.3, 0.4) is 0 Å². The SMILES string of the molecule is CC.CC(=O)c1ccc(-n2cnc(C)c2)c(C)c1. The highest BCUT2D eigenvalue weighted by Crippen LogP contribution is 2.16. The first-order valence-corrected chi connectivity index (χ1v) is 6.20. The predicted octanol–water partition coefficient (Wildman–Crippen LogP) is 3.72. The van der Waals surface area contributed by atoms with Crippen molar-refractivity contribution in [3.8, 4) is 5.69 Å². The van der Waals surface area contributed by atoms with E-state index in [4.69, 9.17) is 0 Å². The minimum atomic E-state index is 0.0939. The summed E-state index contributed by atoms with van der Waals surface area (Å²) in [4.78, 5) is 15.4. The van der Waals surface area contributed by atoms with Crippen LogP contribution >= 0.6 is 0 Å². The van der Waals surface area contributed by atoms with Gasteiger partial charge in [0.25, 0.3) is 0 Å². The van der Waals surface area contributed by atoms with Crippen LogP contribution < -0.4 is 0 Å². The molecular formula is C15H20N2O. The molecule has 0 aliphatic heterocycles. The van der Waals surface area contributed by atoms with E-state index in [1.807, 2.05) is 56.7 Å². The monoisotopic (exact) mass is 244 g/mol. The van der Waals surface area contributed by atoms with Crippen LogP contribution in [0.5, 0.6) is 0 Å². The zero-order valence-corrected chi connectivity index (χ0v) is 11.7. The summed E-state index contributed by atoms with van der Waals surface area (Å²) < 4.78 is 1.97. The van der Waals surface area contributed by atoms with Gasteiger partial charge < -0.3 is 4.57 Å². The third-order valence-corrected chi connectivity index (χ3v) is 2.59. The zero-order chi connectivity index (χ0) is 13.7. The second kappa shape index (κ2) is 6.15. The molecule has 1 aromatic carbocycles. The molecule has 0 radical (unpaired) electrons. The Hall–Kier alpha value is -1.90. The largest absolute Gasteiger partial charge is 0.306 e. The predicted molar refractivity (Wildman–Crippen MR) is 74.4 cm³/mol. The molecule has 3 heteroatoms. The molecule has 2 rings (SSSR count). The molecule has 0 bridgehead atoms. The fraction of sp³-hybridized carbons (Fsp3) is 0.333. The molecule has 1 heterocycles. The molecule has 2 aromatic rings. The molecule has 0 saturated carbocycles. The number of carbonyl (C=O) groups is 1. The van der Waals surface area contributed by atoms with Crippen molar-refractivity contribution in [2.24, 2.45) is 0 Å². The normalized spacial score (nSPS) is 9.61. The Labute approximate surface area is 108 Å². The summed E-state index contributed by atoms with van der Waals surface area (Å²) in [5.41, 5.74) is 3.86. The number of hydrogen-bond donors (Lipinski definition) is 0. The van der Waals surface area contributed by atoms with Crippen molar-refractivity contribution in [2.75, 3.05) is 0 Å². The second-order valence-corrected chi connectivity index (χ2v) is 3.98. The quantitative estimate of drug-likeness (QED) is 0.755. The Balaban J connectivity index is 0.000000771. The molecule has 18 heavy (non-hydrogen) atoms. The van der Waals surface area contributed by atoms with Gasteiger partial charge in [0.2, 0.25) is 0 Å². The summed E-state index contributed by atoms with van der Waals surface area (Å²) >= 11 is 0. The van der Waals surface area contributed by atoms with Crippen LogP contribution in [0.4, 0.5) is 0 Å². The van der Waals surface area contributed by atoms with Crippen molar-refractivity contribution in [1.82, 2.24) is 9.55 Å². The number of Topliss-reactive ketones (excluding diaryl/α,β-unsaturated/α-hetero) is 1. The van der Waals surface area contributed by atoms with Gasteiger partial charge >= 0.3 is 0 Å². The van der Waals surface area contributed by atoms with Crippen molar-refractivity contribution < 1.29 is 4.79 Å². The van der Waals surface area contributed by atoms with E-state index in [1.54, 1.807) is 13.3 Å². The first kappa shape index (κ1) is 14.2. The molecule has 0 amide bonds. The highest BCUT2D eigenvalue weighted by molar-refractivity contribution is 5.94. The standard InChI is InChI=1S/C13H14N2O.C2H6/c1-9-6-12(11(3)16)4-5-13(9)15-7-10(2)14-8-15;1-2/h4-8H,1-3H3;1-2H3. The van der Waals surface area contributed by atoms with E-state index >= 15 is 0 Å². The molecule has 0 spiro atoms. The minimum absolute atomic E-state index is 0.0939. The Morgan fingerprint density at radius 1 is 1.22 bits per heavy atom. The van der Waals surface area contributed by atoms with Gasteiger partial charge in [-0.1, -0.05) is 13.8 Å². The highest BCUT2D eigenvalue weighted by Gasteiger charge is 2.05. The average Bonchev–Trinajstić information content (AvgIpc) is 2.78. The van der Waals surface area contributed by atoms with Crippen LogP contribution in [0.25, 0.3) is 5.69 Å². The molecule has 0 fully saturated rings. The van der Waals surface area contributed by atoms with Gasteiger partial charge in [0.15, 0.2) is 5.78 Å². The van der Waals surface area contributed by atoms with Gasteiger partial charge in [0.1, 0.15) is 0 Å². The van der Waals surface area contributed by atoms with Crippen LogP contribution in [0.2, 0.25) is 0 Å². The number of nitrogens with zero attached hydrogens (tertiary/aromatic N) is 2. The first-order chi connectivity index (χ1) is 8.58. The summed E-state index contributed by atoms with van der Waals surface area (Å²) in [6, 6.07) is 5.71. The maximum absolute atomic E-state index is 11.2. The number of carbonyl (C=O) groups excluding carboxylic acids is 1. The van der Waals surface area contributed by atoms with E-state index in [0.717, 1.165) is 22.5 Å². The smallest absolute Gasteiger partial charge is 0.159 e. The maximum atomic E-state index is 11.2. The lowest BCUT2D eigenvalue weighted by Gasteiger charge is -2.07. The molecule has 0 aliphatic rings. The molecule has 0 N–H and O–H groups in total. The zero-order valence-electron chi connectivity index (χ0n) is 11.7. The van der Waals surface area contributed by atoms with E-state index in [2.05, 4.69) is 4.98 Å². The number of rotatable bonds is 2. The topological polar surface area (TPSA) is 34.9 Å². The molecule has 96 valence electrons. The van der Waals surface area contributed by atoms with Gasteiger partial charge in [0.05, 0.1) is 12.0 Å². The second-order valence-electron chi connectivity index (χ2n) is 3.98. The molecule has 0 aliphatic carbocycles. The number of aromatic nitrogens is 2. The van der Waals surface area contributed by atoms with Crippen LogP contribution in [-0.2, 0) is 0 Å². The Morgan fingerprint density at radius 3 is 2.33 bits per heavy atom. The fourth-order valence-corrected chi connectivity index (χ4v) is 1.72. The summed E-state index contributed by atoms with van der Waals surface area (Å²) in [6.45, 7) is 9.53. The molecule has 3 nitrogen and oxygen atoms in total. The Kier molecular flexibility index (Phi) is 4.84. The highest BCUT2D eigenvalue weighted by atomic mass is 16.1. The van der Waals surface area contributed by atoms with Gasteiger partial charge in [-0.3, -0.25) is 4.79 Å². The van der Waals surface area contributed by atoms with Gasteiger partial charge in [0, 0.05) is 17.4 Å². The van der Waals surface area contributed by atoms with Crippen molar-refractivity contribution in [1.29, 1.82) is 0 Å². The maximum Gasteiger partial charge on any atom is 0.159 e. The molecule has 0 saturated heterocycles. The molecule has 0 unspecified atom stereocenters. The summed E-state index contributed by atoms with van der Waals surface area (Å²) in [5.74, 6) is 0.0939. The lowest BCUT2D eigenvalue weighted by molar-refractivity contribution is 0.101. The van der Waals surface area contributed by atoms with E-state index in [-0.39, 0.29) is 5.78 Å². The van der Waals surface area contributed by atoms with Crippen molar-refractivity contribution in [2.45, 2.75) is 34.6 Å². The number of aryl methyl sites for hydroxylation is 2. The number of benzene rings is 1. The summed E-state index contributed by atoms with van der Waals surface area (Å²) in [6.07, 6.45) is 3.75. The van der Waals surface area contributed by atoms with Crippen LogP contribution in [0.1, 0.15) is 42.4 Å². The lowest BCUT2D eigenvalue weighted by atomic mass is 10.1. The number of hydrogen-bond acceptors (Lipinski definition) is 2. The van der Waals surface area contributed by atoms with Crippen molar-refractivity contribution >= 4 is 5.78 Å². The fourth-order valence-electron chi connectivity index (χ4n) is 1.72.